The Hall–Kier alpha value is -1.80. The maximum Gasteiger partial charge on any atom is 0.311 e. The Morgan fingerprint density at radius 3 is 2.53 bits per heavy atom. The normalized spacial score (nSPS) is 32.0. The number of rotatable bonds is 11. The Bertz CT molecular complexity index is 840. The molecule has 0 saturated carbocycles. The van der Waals surface area contributed by atoms with Crippen LogP contribution in [0.2, 0.25) is 0 Å². The fourth-order valence-electron chi connectivity index (χ4n) is 6.08. The van der Waals surface area contributed by atoms with E-state index in [4.69, 9.17) is 4.74 Å². The largest absolute Gasteiger partial charge is 0.461 e. The number of carbonyl (C=O) groups excluding carboxylic acids is 3. The van der Waals surface area contributed by atoms with E-state index in [1.807, 2.05) is 27.7 Å². The van der Waals surface area contributed by atoms with Crippen LogP contribution in [0.3, 0.4) is 0 Å². The lowest BCUT2D eigenvalue weighted by molar-refractivity contribution is -0.154. The van der Waals surface area contributed by atoms with Crippen molar-refractivity contribution in [2.45, 2.75) is 80.9 Å². The highest BCUT2D eigenvalue weighted by Crippen LogP contribution is 2.71. The number of likely N-dealkylation sites (tertiary alicyclic amines) is 1. The molecule has 0 aromatic carbocycles. The Kier molecular flexibility index (Phi) is 7.92. The number of esters is 1. The Morgan fingerprint density at radius 1 is 1.24 bits per heavy atom. The maximum atomic E-state index is 14.2. The molecule has 5 atom stereocenters. The van der Waals surface area contributed by atoms with Gasteiger partial charge in [-0.2, -0.15) is 0 Å². The number of hydrogen-bond donors (Lipinski definition) is 1. The third kappa shape index (κ3) is 4.43. The van der Waals surface area contributed by atoms with Crippen LogP contribution in [0.5, 0.6) is 0 Å². The molecule has 1 spiro atoms. The van der Waals surface area contributed by atoms with E-state index in [-0.39, 0.29) is 31.0 Å². The molecule has 3 heterocycles. The number of unbranched alkanes of at least 4 members (excludes halogenated alkanes) is 2. The second-order valence-electron chi connectivity index (χ2n) is 10.9. The molecule has 3 saturated heterocycles. The molecule has 3 rings (SSSR count). The molecular weight excluding hydrogens is 452 g/mol. The van der Waals surface area contributed by atoms with Crippen LogP contribution in [-0.4, -0.2) is 80.1 Å². The van der Waals surface area contributed by atoms with Crippen molar-refractivity contribution in [3.63, 3.8) is 0 Å². The zero-order chi connectivity index (χ0) is 25.3. The molecule has 0 radical (unpaired) electrons. The monoisotopic (exact) mass is 492 g/mol. The number of hydrogen-bond acceptors (Lipinski definition) is 6. The number of fused-ring (bicyclic) bond motifs is 1. The van der Waals surface area contributed by atoms with E-state index in [0.717, 1.165) is 12.8 Å². The van der Waals surface area contributed by atoms with Crippen molar-refractivity contribution in [2.24, 2.45) is 11.8 Å². The van der Waals surface area contributed by atoms with Crippen LogP contribution in [0.1, 0.15) is 59.8 Å². The van der Waals surface area contributed by atoms with Gasteiger partial charge in [0.2, 0.25) is 11.8 Å². The van der Waals surface area contributed by atoms with Gasteiger partial charge in [-0.1, -0.05) is 18.7 Å². The lowest BCUT2D eigenvalue weighted by Crippen LogP contribution is -2.58. The predicted octanol–water partition coefficient (Wildman–Crippen LogP) is 3.17. The van der Waals surface area contributed by atoms with E-state index < -0.39 is 32.9 Å². The van der Waals surface area contributed by atoms with Crippen molar-refractivity contribution in [3.05, 3.63) is 25.3 Å². The molecule has 2 bridgehead atoms. The molecule has 3 aliphatic rings. The molecule has 3 fully saturated rings. The average Bonchev–Trinajstić information content (AvgIpc) is 3.33. The fraction of sp³-hybridized carbons (Fsp3) is 0.731. The third-order valence-corrected chi connectivity index (χ3v) is 9.54. The van der Waals surface area contributed by atoms with Gasteiger partial charge in [0, 0.05) is 30.0 Å². The summed E-state index contributed by atoms with van der Waals surface area (Å²) in [5.41, 5.74) is -0.445. The minimum atomic E-state index is -0.650. The summed E-state index contributed by atoms with van der Waals surface area (Å²) in [5.74, 6) is -1.74. The molecule has 0 aromatic rings. The van der Waals surface area contributed by atoms with E-state index in [2.05, 4.69) is 13.2 Å². The van der Waals surface area contributed by atoms with Crippen molar-refractivity contribution in [1.82, 2.24) is 9.80 Å². The summed E-state index contributed by atoms with van der Waals surface area (Å²) in [6.45, 7) is 16.5. The summed E-state index contributed by atoms with van der Waals surface area (Å²) in [7, 11) is 0. The molecule has 34 heavy (non-hydrogen) atoms. The van der Waals surface area contributed by atoms with E-state index in [1.165, 1.54) is 6.08 Å². The van der Waals surface area contributed by atoms with Crippen LogP contribution in [0.15, 0.2) is 25.3 Å². The molecule has 0 aliphatic carbocycles. The fourth-order valence-corrected chi connectivity index (χ4v) is 8.42. The molecule has 0 aromatic heterocycles. The summed E-state index contributed by atoms with van der Waals surface area (Å²) in [6.07, 6.45) is 6.84. The zero-order valence-electron chi connectivity index (χ0n) is 21.0. The van der Waals surface area contributed by atoms with Crippen molar-refractivity contribution in [3.8, 4) is 0 Å². The zero-order valence-corrected chi connectivity index (χ0v) is 21.9. The number of aliphatic hydroxyl groups is 1. The quantitative estimate of drug-likeness (QED) is 0.271. The minimum absolute atomic E-state index is 0.0812. The topological polar surface area (TPSA) is 87.1 Å². The predicted molar refractivity (Wildman–Crippen MR) is 134 cm³/mol. The highest BCUT2D eigenvalue weighted by Gasteiger charge is 2.77. The van der Waals surface area contributed by atoms with E-state index >= 15 is 0 Å². The highest BCUT2D eigenvalue weighted by atomic mass is 32.2. The van der Waals surface area contributed by atoms with Gasteiger partial charge in [0.1, 0.15) is 12.6 Å². The molecule has 7 nitrogen and oxygen atoms in total. The van der Waals surface area contributed by atoms with Gasteiger partial charge in [0.05, 0.1) is 16.6 Å². The van der Waals surface area contributed by atoms with Crippen LogP contribution < -0.4 is 0 Å². The maximum absolute atomic E-state index is 14.2. The van der Waals surface area contributed by atoms with Gasteiger partial charge in [-0.3, -0.25) is 14.4 Å². The molecule has 8 heteroatoms. The summed E-state index contributed by atoms with van der Waals surface area (Å²) in [4.78, 5) is 44.9. The average molecular weight is 493 g/mol. The smallest absolute Gasteiger partial charge is 0.311 e. The van der Waals surface area contributed by atoms with Crippen molar-refractivity contribution < 1.29 is 24.2 Å². The Morgan fingerprint density at radius 2 is 1.94 bits per heavy atom. The van der Waals surface area contributed by atoms with Crippen LogP contribution in [0.4, 0.5) is 0 Å². The number of thioether (sulfide) groups is 1. The summed E-state index contributed by atoms with van der Waals surface area (Å²) >= 11 is 1.65. The lowest BCUT2D eigenvalue weighted by atomic mass is 9.66. The molecule has 1 N–H and O–H groups in total. The van der Waals surface area contributed by atoms with E-state index in [1.54, 1.807) is 27.6 Å². The first-order valence-corrected chi connectivity index (χ1v) is 13.1. The van der Waals surface area contributed by atoms with Crippen molar-refractivity contribution >= 4 is 29.5 Å². The Balaban J connectivity index is 2.03. The first kappa shape index (κ1) is 26.8. The van der Waals surface area contributed by atoms with E-state index in [0.29, 0.717) is 32.4 Å². The van der Waals surface area contributed by atoms with Crippen LogP contribution in [-0.2, 0) is 19.1 Å². The van der Waals surface area contributed by atoms with Gasteiger partial charge in [0.15, 0.2) is 0 Å². The van der Waals surface area contributed by atoms with Gasteiger partial charge in [-0.25, -0.2) is 0 Å². The number of aliphatic hydroxyl groups excluding tert-OH is 1. The number of nitrogens with zero attached hydrogens (tertiary/aromatic N) is 2. The van der Waals surface area contributed by atoms with E-state index in [9.17, 15) is 19.5 Å². The van der Waals surface area contributed by atoms with Crippen LogP contribution >= 0.6 is 11.8 Å². The first-order valence-electron chi connectivity index (χ1n) is 12.3. The number of ether oxygens (including phenoxy) is 1. The van der Waals surface area contributed by atoms with Crippen molar-refractivity contribution in [1.29, 1.82) is 0 Å². The molecule has 2 amide bonds. The summed E-state index contributed by atoms with van der Waals surface area (Å²) in [5, 5.41) is 9.17. The third-order valence-electron chi connectivity index (χ3n) is 7.55. The lowest BCUT2D eigenvalue weighted by Gasteiger charge is -2.42. The molecule has 2 unspecified atom stereocenters. The van der Waals surface area contributed by atoms with Crippen LogP contribution in [0, 0.1) is 11.8 Å². The standard InChI is InChI=1S/C26H40N2O5S/c1-7-14-28(24(3,4)5)22(31)20-26-13-12-25(6,34-26)19(23(32)33-17-8-2)18(26)21(30)27(20)15-10-9-11-16-29/h7-8,18-20,29H,1-2,9-17H2,3-6H3/t18-,19+,20?,25-,26?/m0/s1. The second-order valence-corrected chi connectivity index (χ2v) is 12.8. The minimum Gasteiger partial charge on any atom is -0.461 e. The van der Waals surface area contributed by atoms with Gasteiger partial charge in [0.25, 0.3) is 0 Å². The van der Waals surface area contributed by atoms with Crippen LogP contribution in [0.25, 0.3) is 0 Å². The number of amides is 2. The number of carbonyl (C=O) groups is 3. The summed E-state index contributed by atoms with van der Waals surface area (Å²) in [6, 6.07) is -0.637. The molecular formula is C26H40N2O5S. The van der Waals surface area contributed by atoms with Crippen molar-refractivity contribution in [2.75, 3.05) is 26.3 Å². The molecule has 3 aliphatic heterocycles. The second kappa shape index (κ2) is 10.1. The SMILES string of the molecule is C=CCOC(=O)[C@H]1[C@H]2C(=O)N(CCCCCO)C(C(=O)N(CC=C)C(C)(C)C)C23CC[C@]1(C)S3. The van der Waals surface area contributed by atoms with Gasteiger partial charge >= 0.3 is 5.97 Å². The Labute approximate surface area is 208 Å². The molecule has 190 valence electrons. The van der Waals surface area contributed by atoms with Gasteiger partial charge in [-0.05, 0) is 59.8 Å². The highest BCUT2D eigenvalue weighted by molar-refractivity contribution is 8.02. The first-order chi connectivity index (χ1) is 16.0. The van der Waals surface area contributed by atoms with Gasteiger partial charge in [-0.15, -0.1) is 18.3 Å². The van der Waals surface area contributed by atoms with Gasteiger partial charge < -0.3 is 19.6 Å². The summed E-state index contributed by atoms with van der Waals surface area (Å²) < 4.78 is 4.36.